The second-order valence-corrected chi connectivity index (χ2v) is 6.55. The maximum atomic E-state index is 10.9. The van der Waals surface area contributed by atoms with Crippen LogP contribution in [-0.4, -0.2) is 10.1 Å². The van der Waals surface area contributed by atoms with E-state index >= 15 is 0 Å². The van der Waals surface area contributed by atoms with Gasteiger partial charge in [0.2, 0.25) is 0 Å². The molecule has 0 spiro atoms. The molecule has 1 aliphatic carbocycles. The molecule has 0 bridgehead atoms. The lowest BCUT2D eigenvalue weighted by Gasteiger charge is -2.29. The van der Waals surface area contributed by atoms with Crippen LogP contribution in [0.5, 0.6) is 0 Å². The van der Waals surface area contributed by atoms with Crippen LogP contribution in [0.15, 0.2) is 36.5 Å². The van der Waals surface area contributed by atoms with Gasteiger partial charge in [0, 0.05) is 21.4 Å². The highest BCUT2D eigenvalue weighted by atomic mass is 127. The summed E-state index contributed by atoms with van der Waals surface area (Å²) in [7, 11) is 0. The summed E-state index contributed by atoms with van der Waals surface area (Å²) in [5.41, 5.74) is 4.64. The number of hydrogen-bond donors (Lipinski definition) is 1. The fraction of sp³-hybridized carbons (Fsp3) is 0.353. The average molecular weight is 379 g/mol. The van der Waals surface area contributed by atoms with Crippen LogP contribution in [0, 0.1) is 10.5 Å². The minimum Gasteiger partial charge on any atom is -0.388 e. The number of pyridine rings is 1. The Kier molecular flexibility index (Phi) is 4.08. The molecule has 1 N–H and O–H groups in total. The number of rotatable bonds is 2. The molecular formula is C17H18INO. The number of nitrogens with zero attached hydrogens (tertiary/aromatic N) is 1. The van der Waals surface area contributed by atoms with Crippen molar-refractivity contribution < 1.29 is 5.11 Å². The van der Waals surface area contributed by atoms with E-state index in [0.29, 0.717) is 0 Å². The van der Waals surface area contributed by atoms with Crippen LogP contribution in [-0.2, 0) is 6.42 Å². The van der Waals surface area contributed by atoms with Crippen LogP contribution in [0.25, 0.3) is 0 Å². The van der Waals surface area contributed by atoms with Gasteiger partial charge in [-0.05, 0) is 71.5 Å². The van der Waals surface area contributed by atoms with Gasteiger partial charge < -0.3 is 5.11 Å². The van der Waals surface area contributed by atoms with Crippen LogP contribution in [0.3, 0.4) is 0 Å². The topological polar surface area (TPSA) is 33.1 Å². The van der Waals surface area contributed by atoms with Crippen molar-refractivity contribution in [2.75, 3.05) is 0 Å². The fourth-order valence-corrected chi connectivity index (χ4v) is 3.75. The molecule has 0 fully saturated rings. The molecule has 0 saturated carbocycles. The largest absolute Gasteiger partial charge is 0.388 e. The third kappa shape index (κ3) is 2.49. The molecule has 1 aromatic heterocycles. The zero-order chi connectivity index (χ0) is 14.1. The Morgan fingerprint density at radius 2 is 2.15 bits per heavy atom. The van der Waals surface area contributed by atoms with Crippen molar-refractivity contribution >= 4 is 22.6 Å². The molecule has 2 unspecified atom stereocenters. The summed E-state index contributed by atoms with van der Waals surface area (Å²) < 4.78 is 1.17. The lowest BCUT2D eigenvalue weighted by Crippen LogP contribution is -2.19. The Bertz CT molecular complexity index is 626. The number of hydrogen-bond acceptors (Lipinski definition) is 2. The molecule has 0 radical (unpaired) electrons. The molecule has 1 heterocycles. The monoisotopic (exact) mass is 379 g/mol. The van der Waals surface area contributed by atoms with E-state index < -0.39 is 6.10 Å². The van der Waals surface area contributed by atoms with Crippen molar-refractivity contribution in [3.63, 3.8) is 0 Å². The van der Waals surface area contributed by atoms with Gasteiger partial charge in [-0.3, -0.25) is 4.98 Å². The highest BCUT2D eigenvalue weighted by molar-refractivity contribution is 14.1. The number of benzene rings is 1. The molecular weight excluding hydrogens is 361 g/mol. The third-order valence-corrected chi connectivity index (χ3v) is 5.63. The van der Waals surface area contributed by atoms with E-state index in [0.717, 1.165) is 30.5 Å². The molecule has 104 valence electrons. The summed E-state index contributed by atoms with van der Waals surface area (Å²) in [5, 5.41) is 10.9. The first kappa shape index (κ1) is 14.0. The summed E-state index contributed by atoms with van der Waals surface area (Å²) in [6, 6.07) is 10.3. The Balaban J connectivity index is 2.00. The molecule has 2 atom stereocenters. The summed E-state index contributed by atoms with van der Waals surface area (Å²) in [5.74, 6) is 0.121. The van der Waals surface area contributed by atoms with Gasteiger partial charge in [0.25, 0.3) is 0 Å². The Labute approximate surface area is 133 Å². The van der Waals surface area contributed by atoms with E-state index in [-0.39, 0.29) is 5.92 Å². The maximum Gasteiger partial charge on any atom is 0.0884 e. The van der Waals surface area contributed by atoms with E-state index in [1.165, 1.54) is 14.7 Å². The summed E-state index contributed by atoms with van der Waals surface area (Å²) in [6.45, 7) is 2.09. The number of aromatic nitrogens is 1. The minimum atomic E-state index is -0.462. The van der Waals surface area contributed by atoms with Crippen molar-refractivity contribution in [1.82, 2.24) is 4.98 Å². The van der Waals surface area contributed by atoms with E-state index in [1.54, 1.807) is 0 Å². The van der Waals surface area contributed by atoms with Crippen molar-refractivity contribution in [1.29, 1.82) is 0 Å². The van der Waals surface area contributed by atoms with Gasteiger partial charge in [-0.2, -0.15) is 0 Å². The highest BCUT2D eigenvalue weighted by Gasteiger charge is 2.29. The predicted molar refractivity (Wildman–Crippen MR) is 88.8 cm³/mol. The Morgan fingerprint density at radius 1 is 1.30 bits per heavy atom. The van der Waals surface area contributed by atoms with Crippen LogP contribution >= 0.6 is 22.6 Å². The van der Waals surface area contributed by atoms with Gasteiger partial charge in [0.05, 0.1) is 6.10 Å². The number of halogens is 1. The van der Waals surface area contributed by atoms with E-state index in [4.69, 9.17) is 0 Å². The van der Waals surface area contributed by atoms with Crippen molar-refractivity contribution in [2.24, 2.45) is 0 Å². The molecule has 0 aliphatic heterocycles. The molecule has 0 saturated heterocycles. The second kappa shape index (κ2) is 5.82. The average Bonchev–Trinajstić information content (AvgIpc) is 2.49. The van der Waals surface area contributed by atoms with E-state index in [1.807, 2.05) is 24.4 Å². The molecule has 0 amide bonds. The quantitative estimate of drug-likeness (QED) is 0.796. The van der Waals surface area contributed by atoms with Gasteiger partial charge in [0.1, 0.15) is 0 Å². The fourth-order valence-electron chi connectivity index (χ4n) is 3.07. The number of fused-ring (bicyclic) bond motifs is 1. The first-order valence-corrected chi connectivity index (χ1v) is 8.13. The standard InChI is InChI=1S/C17H18INO/c1-11-5-2-8-13(15(11)18)17(20)14-9-3-6-12-7-4-10-19-16(12)14/h2,4-5,7-8,10,14,17,20H,3,6,9H2,1H3. The van der Waals surface area contributed by atoms with Crippen molar-refractivity contribution in [3.8, 4) is 0 Å². The molecule has 20 heavy (non-hydrogen) atoms. The maximum absolute atomic E-state index is 10.9. The Morgan fingerprint density at radius 3 is 3.00 bits per heavy atom. The second-order valence-electron chi connectivity index (χ2n) is 5.47. The van der Waals surface area contributed by atoms with Gasteiger partial charge in [-0.1, -0.05) is 24.3 Å². The predicted octanol–water partition coefficient (Wildman–Crippen LogP) is 4.15. The van der Waals surface area contributed by atoms with E-state index in [9.17, 15) is 5.11 Å². The Hall–Kier alpha value is -0.940. The molecule has 1 aliphatic rings. The normalized spacial score (nSPS) is 19.4. The van der Waals surface area contributed by atoms with Gasteiger partial charge >= 0.3 is 0 Å². The summed E-state index contributed by atoms with van der Waals surface area (Å²) >= 11 is 2.34. The lowest BCUT2D eigenvalue weighted by molar-refractivity contribution is 0.133. The third-order valence-electron chi connectivity index (χ3n) is 4.16. The first-order valence-electron chi connectivity index (χ1n) is 7.05. The highest BCUT2D eigenvalue weighted by Crippen LogP contribution is 2.40. The van der Waals surface area contributed by atoms with Crippen LogP contribution < -0.4 is 0 Å². The summed E-state index contributed by atoms with van der Waals surface area (Å²) in [6.07, 6.45) is 4.59. The van der Waals surface area contributed by atoms with Crippen LogP contribution in [0.1, 0.15) is 47.2 Å². The SMILES string of the molecule is Cc1cccc(C(O)C2CCCc3cccnc32)c1I. The minimum absolute atomic E-state index is 0.121. The first-order chi connectivity index (χ1) is 9.68. The molecule has 2 aromatic rings. The number of aryl methyl sites for hydroxylation is 2. The van der Waals surface area contributed by atoms with Crippen LogP contribution in [0.4, 0.5) is 0 Å². The van der Waals surface area contributed by atoms with Gasteiger partial charge in [-0.15, -0.1) is 0 Å². The van der Waals surface area contributed by atoms with E-state index in [2.05, 4.69) is 46.6 Å². The molecule has 1 aromatic carbocycles. The molecule has 2 nitrogen and oxygen atoms in total. The van der Waals surface area contributed by atoms with Gasteiger partial charge in [-0.25, -0.2) is 0 Å². The molecule has 3 rings (SSSR count). The number of aliphatic hydroxyl groups excluding tert-OH is 1. The zero-order valence-electron chi connectivity index (χ0n) is 11.5. The smallest absolute Gasteiger partial charge is 0.0884 e. The molecule has 3 heteroatoms. The zero-order valence-corrected chi connectivity index (χ0v) is 13.7. The van der Waals surface area contributed by atoms with Gasteiger partial charge in [0.15, 0.2) is 0 Å². The summed E-state index contributed by atoms with van der Waals surface area (Å²) in [4.78, 5) is 4.54. The van der Waals surface area contributed by atoms with Crippen molar-refractivity contribution in [3.05, 3.63) is 62.5 Å². The van der Waals surface area contributed by atoms with Crippen molar-refractivity contribution in [2.45, 2.75) is 38.2 Å². The lowest BCUT2D eigenvalue weighted by atomic mass is 9.81. The van der Waals surface area contributed by atoms with Crippen LogP contribution in [0.2, 0.25) is 0 Å². The number of aliphatic hydroxyl groups is 1.